The van der Waals surface area contributed by atoms with Gasteiger partial charge in [-0.2, -0.15) is 0 Å². The maximum absolute atomic E-state index is 13.3. The lowest BCUT2D eigenvalue weighted by Gasteiger charge is -2.24. The van der Waals surface area contributed by atoms with Gasteiger partial charge in [0.25, 0.3) is 5.91 Å². The first-order valence-corrected chi connectivity index (χ1v) is 11.8. The number of methoxy groups -OCH3 is 1. The third-order valence-electron chi connectivity index (χ3n) is 5.02. The number of anilines is 1. The molecule has 0 bridgehead atoms. The molecule has 168 valence electrons. The van der Waals surface area contributed by atoms with E-state index in [4.69, 9.17) is 4.74 Å². The first-order valence-electron chi connectivity index (χ1n) is 9.95. The van der Waals surface area contributed by atoms with E-state index in [1.54, 1.807) is 18.2 Å². The summed E-state index contributed by atoms with van der Waals surface area (Å²) in [7, 11) is -2.22. The molecule has 0 aromatic heterocycles. The van der Waals surface area contributed by atoms with Gasteiger partial charge < -0.3 is 10.1 Å². The van der Waals surface area contributed by atoms with Crippen LogP contribution in [0.2, 0.25) is 0 Å². The minimum absolute atomic E-state index is 0.0804. The monoisotopic (exact) mass is 456 g/mol. The van der Waals surface area contributed by atoms with Crippen molar-refractivity contribution < 1.29 is 22.3 Å². The van der Waals surface area contributed by atoms with E-state index in [1.165, 1.54) is 31.4 Å². The van der Waals surface area contributed by atoms with Crippen LogP contribution in [-0.2, 0) is 16.6 Å². The number of carbonyl (C=O) groups excluding carboxylic acids is 1. The number of nitrogens with zero attached hydrogens (tertiary/aromatic N) is 1. The largest absolute Gasteiger partial charge is 0.496 e. The zero-order chi connectivity index (χ0) is 23.3. The molecule has 3 aromatic carbocycles. The van der Waals surface area contributed by atoms with Crippen molar-refractivity contribution in [2.75, 3.05) is 17.7 Å². The molecule has 1 atom stereocenters. The minimum atomic E-state index is -3.69. The third kappa shape index (κ3) is 5.64. The van der Waals surface area contributed by atoms with Crippen LogP contribution in [0, 0.1) is 5.82 Å². The lowest BCUT2D eigenvalue weighted by atomic mass is 10.1. The Morgan fingerprint density at radius 2 is 1.72 bits per heavy atom. The number of sulfonamides is 1. The van der Waals surface area contributed by atoms with Crippen LogP contribution < -0.4 is 14.4 Å². The van der Waals surface area contributed by atoms with Crippen molar-refractivity contribution >= 4 is 21.6 Å². The number of halogens is 1. The van der Waals surface area contributed by atoms with E-state index in [9.17, 15) is 17.6 Å². The predicted molar refractivity (Wildman–Crippen MR) is 123 cm³/mol. The molecule has 1 amide bonds. The second-order valence-corrected chi connectivity index (χ2v) is 9.29. The Hall–Kier alpha value is -3.39. The maximum atomic E-state index is 13.3. The zero-order valence-corrected chi connectivity index (χ0v) is 18.9. The number of carbonyl (C=O) groups is 1. The molecule has 0 aliphatic heterocycles. The van der Waals surface area contributed by atoms with Gasteiger partial charge in [0.15, 0.2) is 0 Å². The highest BCUT2D eigenvalue weighted by atomic mass is 32.2. The molecular formula is C24H25FN2O4S. The summed E-state index contributed by atoms with van der Waals surface area (Å²) >= 11 is 0. The summed E-state index contributed by atoms with van der Waals surface area (Å²) in [6.45, 7) is 1.81. The highest BCUT2D eigenvalue weighted by molar-refractivity contribution is 7.92. The fourth-order valence-corrected chi connectivity index (χ4v) is 4.19. The molecule has 0 aliphatic rings. The Kier molecular flexibility index (Phi) is 7.15. The van der Waals surface area contributed by atoms with E-state index < -0.39 is 15.8 Å². The lowest BCUT2D eigenvalue weighted by molar-refractivity contribution is 0.0939. The van der Waals surface area contributed by atoms with Crippen LogP contribution in [0.25, 0.3) is 0 Å². The Morgan fingerprint density at radius 1 is 1.06 bits per heavy atom. The molecule has 0 radical (unpaired) electrons. The van der Waals surface area contributed by atoms with Gasteiger partial charge in [-0.1, -0.05) is 30.3 Å². The number of benzene rings is 3. The van der Waals surface area contributed by atoms with Gasteiger partial charge in [0.2, 0.25) is 10.0 Å². The van der Waals surface area contributed by atoms with Crippen molar-refractivity contribution in [1.82, 2.24) is 5.32 Å². The van der Waals surface area contributed by atoms with Crippen LogP contribution in [0.4, 0.5) is 10.1 Å². The Balaban J connectivity index is 1.89. The van der Waals surface area contributed by atoms with Gasteiger partial charge in [0, 0.05) is 11.1 Å². The van der Waals surface area contributed by atoms with Crippen molar-refractivity contribution in [3.05, 3.63) is 95.3 Å². The van der Waals surface area contributed by atoms with E-state index in [0.29, 0.717) is 22.6 Å². The van der Waals surface area contributed by atoms with E-state index in [-0.39, 0.29) is 18.5 Å². The van der Waals surface area contributed by atoms with Crippen molar-refractivity contribution in [3.63, 3.8) is 0 Å². The number of ether oxygens (including phenoxy) is 1. The molecule has 0 fully saturated rings. The van der Waals surface area contributed by atoms with Crippen molar-refractivity contribution in [3.8, 4) is 5.75 Å². The number of nitrogens with one attached hydrogen (secondary N) is 1. The van der Waals surface area contributed by atoms with E-state index in [0.717, 1.165) is 16.1 Å². The smallest absolute Gasteiger partial charge is 0.251 e. The Morgan fingerprint density at radius 3 is 2.31 bits per heavy atom. The fraction of sp³-hybridized carbons (Fsp3) is 0.208. The first kappa shape index (κ1) is 23.3. The van der Waals surface area contributed by atoms with Gasteiger partial charge >= 0.3 is 0 Å². The molecule has 3 rings (SSSR count). The highest BCUT2D eigenvalue weighted by Crippen LogP contribution is 2.27. The van der Waals surface area contributed by atoms with Gasteiger partial charge in [-0.25, -0.2) is 12.8 Å². The Bertz CT molecular complexity index is 1180. The molecule has 8 heteroatoms. The van der Waals surface area contributed by atoms with Crippen molar-refractivity contribution in [1.29, 1.82) is 0 Å². The van der Waals surface area contributed by atoms with Gasteiger partial charge in [-0.05, 0) is 55.0 Å². The van der Waals surface area contributed by atoms with Crippen LogP contribution in [0.15, 0.2) is 72.8 Å². The summed E-state index contributed by atoms with van der Waals surface area (Å²) in [5.74, 6) is -0.322. The minimum Gasteiger partial charge on any atom is -0.496 e. The molecule has 0 heterocycles. The lowest BCUT2D eigenvalue weighted by Crippen LogP contribution is -2.30. The summed E-state index contributed by atoms with van der Waals surface area (Å²) in [5.41, 5.74) is 2.15. The predicted octanol–water partition coefficient (Wildman–Crippen LogP) is 4.29. The third-order valence-corrected chi connectivity index (χ3v) is 6.16. The summed E-state index contributed by atoms with van der Waals surface area (Å²) < 4.78 is 44.8. The van der Waals surface area contributed by atoms with E-state index >= 15 is 0 Å². The molecule has 0 spiro atoms. The van der Waals surface area contributed by atoms with Crippen LogP contribution in [0.5, 0.6) is 5.75 Å². The number of rotatable bonds is 8. The zero-order valence-electron chi connectivity index (χ0n) is 18.1. The molecule has 1 N–H and O–H groups in total. The molecule has 0 aliphatic carbocycles. The second-order valence-electron chi connectivity index (χ2n) is 7.38. The second kappa shape index (κ2) is 9.82. The first-order chi connectivity index (χ1) is 15.2. The summed E-state index contributed by atoms with van der Waals surface area (Å²) in [6.07, 6.45) is 1.07. The number of amides is 1. The van der Waals surface area contributed by atoms with Crippen molar-refractivity contribution in [2.45, 2.75) is 19.5 Å². The Labute approximate surface area is 187 Å². The average molecular weight is 457 g/mol. The molecule has 6 nitrogen and oxygen atoms in total. The molecule has 1 unspecified atom stereocenters. The van der Waals surface area contributed by atoms with E-state index in [2.05, 4.69) is 5.32 Å². The van der Waals surface area contributed by atoms with Gasteiger partial charge in [0.05, 0.1) is 31.6 Å². The normalized spacial score (nSPS) is 12.1. The van der Waals surface area contributed by atoms with Gasteiger partial charge in [-0.15, -0.1) is 0 Å². The van der Waals surface area contributed by atoms with Crippen LogP contribution in [0.1, 0.15) is 34.5 Å². The van der Waals surface area contributed by atoms with Crippen molar-refractivity contribution in [2.24, 2.45) is 0 Å². The van der Waals surface area contributed by atoms with Gasteiger partial charge in [-0.3, -0.25) is 9.10 Å². The van der Waals surface area contributed by atoms with E-state index in [1.807, 2.05) is 37.3 Å². The topological polar surface area (TPSA) is 75.7 Å². The summed E-state index contributed by atoms with van der Waals surface area (Å²) in [6, 6.07) is 19.4. The van der Waals surface area contributed by atoms with Crippen LogP contribution in [-0.4, -0.2) is 27.7 Å². The van der Waals surface area contributed by atoms with Crippen LogP contribution >= 0.6 is 0 Å². The molecule has 32 heavy (non-hydrogen) atoms. The average Bonchev–Trinajstić information content (AvgIpc) is 2.77. The molecule has 3 aromatic rings. The standard InChI is InChI=1S/C24H25FN2O4S/c1-17(18-7-5-4-6-8-18)26-24(28)19-9-14-23(31-2)20(15-19)16-27(32(3,29)30)22-12-10-21(25)11-13-22/h4-15,17H,16H2,1-3H3,(H,26,28). The maximum Gasteiger partial charge on any atom is 0.251 e. The summed E-state index contributed by atoms with van der Waals surface area (Å²) in [4.78, 5) is 12.8. The molecule has 0 saturated heterocycles. The van der Waals surface area contributed by atoms with Crippen LogP contribution in [0.3, 0.4) is 0 Å². The summed E-state index contributed by atoms with van der Waals surface area (Å²) in [5, 5.41) is 2.95. The molecular weight excluding hydrogens is 431 g/mol. The SMILES string of the molecule is COc1ccc(C(=O)NC(C)c2ccccc2)cc1CN(c1ccc(F)cc1)S(C)(=O)=O. The number of hydrogen-bond acceptors (Lipinski definition) is 4. The molecule has 0 saturated carbocycles. The quantitative estimate of drug-likeness (QED) is 0.549. The fourth-order valence-electron chi connectivity index (χ4n) is 3.31. The van der Waals surface area contributed by atoms with Gasteiger partial charge in [0.1, 0.15) is 11.6 Å². The number of hydrogen-bond donors (Lipinski definition) is 1. The highest BCUT2D eigenvalue weighted by Gasteiger charge is 2.21.